The fourth-order valence-corrected chi connectivity index (χ4v) is 3.48. The van der Waals surface area contributed by atoms with Crippen molar-refractivity contribution in [3.8, 4) is 0 Å². The van der Waals surface area contributed by atoms with Gasteiger partial charge in [0, 0.05) is 20.3 Å². The van der Waals surface area contributed by atoms with E-state index in [1.54, 1.807) is 18.3 Å². The molecular weight excluding hydrogens is 370 g/mol. The Balaban J connectivity index is 2.10. The summed E-state index contributed by atoms with van der Waals surface area (Å²) in [5.74, 6) is -0.162. The maximum Gasteiger partial charge on any atom is 0.242 e. The summed E-state index contributed by atoms with van der Waals surface area (Å²) in [4.78, 5) is 16.2. The van der Waals surface area contributed by atoms with E-state index in [9.17, 15) is 13.2 Å². The summed E-state index contributed by atoms with van der Waals surface area (Å²) in [5, 5.41) is 3.62. The Hall–Kier alpha value is -1.61. The van der Waals surface area contributed by atoms with Gasteiger partial charge in [0.15, 0.2) is 0 Å². The van der Waals surface area contributed by atoms with E-state index in [0.29, 0.717) is 0 Å². The summed E-state index contributed by atoms with van der Waals surface area (Å²) in [7, 11) is -0.727. The summed E-state index contributed by atoms with van der Waals surface area (Å²) in [6.45, 7) is 0. The average Bonchev–Trinajstić information content (AvgIpc) is 2.55. The van der Waals surface area contributed by atoms with Crippen molar-refractivity contribution in [3.05, 3.63) is 47.6 Å². The van der Waals surface area contributed by atoms with E-state index >= 15 is 0 Å². The van der Waals surface area contributed by atoms with Gasteiger partial charge in [-0.15, -0.1) is 0 Å². The second kappa shape index (κ2) is 7.98. The third-order valence-electron chi connectivity index (χ3n) is 2.98. The number of nitrogens with one attached hydrogen (secondary N) is 1. The first-order chi connectivity index (χ1) is 11.3. The van der Waals surface area contributed by atoms with Crippen molar-refractivity contribution < 1.29 is 13.2 Å². The molecule has 0 aliphatic carbocycles. The van der Waals surface area contributed by atoms with Crippen LogP contribution in [0.1, 0.15) is 0 Å². The quantitative estimate of drug-likeness (QED) is 0.773. The molecule has 0 saturated carbocycles. The smallest absolute Gasteiger partial charge is 0.242 e. The lowest BCUT2D eigenvalue weighted by atomic mass is 10.3. The lowest BCUT2D eigenvalue weighted by molar-refractivity contribution is -0.113. The van der Waals surface area contributed by atoms with E-state index in [4.69, 9.17) is 11.6 Å². The van der Waals surface area contributed by atoms with Crippen LogP contribution in [0, 0.1) is 0 Å². The molecule has 0 unspecified atom stereocenters. The minimum Gasteiger partial charge on any atom is -0.324 e. The predicted octanol–water partition coefficient (Wildman–Crippen LogP) is 2.72. The largest absolute Gasteiger partial charge is 0.324 e. The second-order valence-electron chi connectivity index (χ2n) is 4.93. The lowest BCUT2D eigenvalue weighted by Gasteiger charge is -2.13. The van der Waals surface area contributed by atoms with Gasteiger partial charge in [0.1, 0.15) is 0 Å². The van der Waals surface area contributed by atoms with Gasteiger partial charge >= 0.3 is 0 Å². The molecule has 1 amide bonds. The normalized spacial score (nSPS) is 11.5. The molecule has 0 spiro atoms. The number of carbonyl (C=O) groups excluding carboxylic acids is 1. The van der Waals surface area contributed by atoms with E-state index in [2.05, 4.69) is 10.3 Å². The number of benzene rings is 1. The standard InChI is InChI=1S/C15H16ClN3O3S2/c1-19(2)24(21,22)11-6-7-12(16)13(9-11)18-14(20)10-23-15-5-3-4-8-17-15/h3-9H,10H2,1-2H3,(H,18,20). The van der Waals surface area contributed by atoms with E-state index in [-0.39, 0.29) is 27.3 Å². The maximum atomic E-state index is 12.1. The van der Waals surface area contributed by atoms with E-state index in [1.165, 1.54) is 44.1 Å². The Morgan fingerprint density at radius 1 is 1.29 bits per heavy atom. The highest BCUT2D eigenvalue weighted by Gasteiger charge is 2.19. The number of pyridine rings is 1. The monoisotopic (exact) mass is 385 g/mol. The molecule has 0 aliphatic heterocycles. The zero-order valence-electron chi connectivity index (χ0n) is 13.1. The third-order valence-corrected chi connectivity index (χ3v) is 6.06. The van der Waals surface area contributed by atoms with Crippen molar-refractivity contribution in [3.63, 3.8) is 0 Å². The summed E-state index contributed by atoms with van der Waals surface area (Å²) >= 11 is 7.32. The van der Waals surface area contributed by atoms with Crippen LogP contribution in [0.4, 0.5) is 5.69 Å². The van der Waals surface area contributed by atoms with Gasteiger partial charge in [0.25, 0.3) is 0 Å². The highest BCUT2D eigenvalue weighted by molar-refractivity contribution is 7.99. The Morgan fingerprint density at radius 3 is 2.67 bits per heavy atom. The van der Waals surface area contributed by atoms with Gasteiger partial charge in [-0.3, -0.25) is 4.79 Å². The molecule has 9 heteroatoms. The lowest BCUT2D eigenvalue weighted by Crippen LogP contribution is -2.22. The molecular formula is C15H16ClN3O3S2. The van der Waals surface area contributed by atoms with Crippen LogP contribution in [-0.4, -0.2) is 43.5 Å². The first kappa shape index (κ1) is 18.7. The first-order valence-corrected chi connectivity index (χ1v) is 9.67. The zero-order valence-corrected chi connectivity index (χ0v) is 15.5. The Labute approximate surface area is 150 Å². The average molecular weight is 386 g/mol. The van der Waals surface area contributed by atoms with Crippen molar-refractivity contribution >= 4 is 45.0 Å². The van der Waals surface area contributed by atoms with Crippen molar-refractivity contribution in [2.75, 3.05) is 25.2 Å². The number of sulfonamides is 1. The van der Waals surface area contributed by atoms with Gasteiger partial charge in [0.2, 0.25) is 15.9 Å². The van der Waals surface area contributed by atoms with Gasteiger partial charge < -0.3 is 5.32 Å². The van der Waals surface area contributed by atoms with Gasteiger partial charge in [-0.25, -0.2) is 17.7 Å². The molecule has 0 aliphatic rings. The van der Waals surface area contributed by atoms with Crippen molar-refractivity contribution in [2.45, 2.75) is 9.92 Å². The Morgan fingerprint density at radius 2 is 2.04 bits per heavy atom. The van der Waals surface area contributed by atoms with Crippen LogP contribution in [0.3, 0.4) is 0 Å². The van der Waals surface area contributed by atoms with Gasteiger partial charge in [-0.2, -0.15) is 0 Å². The number of aromatic nitrogens is 1. The molecule has 1 aromatic carbocycles. The second-order valence-corrected chi connectivity index (χ2v) is 8.49. The molecule has 0 bridgehead atoms. The SMILES string of the molecule is CN(C)S(=O)(=O)c1ccc(Cl)c(NC(=O)CSc2ccccn2)c1. The number of hydrogen-bond acceptors (Lipinski definition) is 5. The molecule has 0 atom stereocenters. The van der Waals surface area contributed by atoms with Crippen molar-refractivity contribution in [1.82, 2.24) is 9.29 Å². The minimum absolute atomic E-state index is 0.0598. The maximum absolute atomic E-state index is 12.1. The Bertz CT molecular complexity index is 827. The van der Waals surface area contributed by atoms with Gasteiger partial charge in [-0.1, -0.05) is 29.4 Å². The van der Waals surface area contributed by atoms with Crippen molar-refractivity contribution in [2.24, 2.45) is 0 Å². The van der Waals surface area contributed by atoms with Gasteiger partial charge in [0.05, 0.1) is 26.4 Å². The predicted molar refractivity (Wildman–Crippen MR) is 95.9 cm³/mol. The topological polar surface area (TPSA) is 79.4 Å². The number of rotatable bonds is 6. The summed E-state index contributed by atoms with van der Waals surface area (Å²) in [6.07, 6.45) is 1.65. The van der Waals surface area contributed by atoms with Crippen LogP contribution in [0.5, 0.6) is 0 Å². The molecule has 1 heterocycles. The fourth-order valence-electron chi connectivity index (χ4n) is 1.73. The van der Waals surface area contributed by atoms with Crippen LogP contribution in [0.15, 0.2) is 52.5 Å². The summed E-state index contributed by atoms with van der Waals surface area (Å²) in [5.41, 5.74) is 0.256. The highest BCUT2D eigenvalue weighted by atomic mass is 35.5. The molecule has 0 fully saturated rings. The van der Waals surface area contributed by atoms with Crippen LogP contribution in [-0.2, 0) is 14.8 Å². The van der Waals surface area contributed by atoms with E-state index in [0.717, 1.165) is 9.33 Å². The van der Waals surface area contributed by atoms with Crippen LogP contribution in [0.25, 0.3) is 0 Å². The molecule has 1 aromatic heterocycles. The number of anilines is 1. The third kappa shape index (κ3) is 4.70. The Kier molecular flexibility index (Phi) is 6.22. The van der Waals surface area contributed by atoms with E-state index in [1.807, 2.05) is 6.07 Å². The first-order valence-electron chi connectivity index (χ1n) is 6.86. The number of nitrogens with zero attached hydrogens (tertiary/aromatic N) is 2. The summed E-state index contributed by atoms with van der Waals surface area (Å²) < 4.78 is 25.4. The van der Waals surface area contributed by atoms with Crippen LogP contribution < -0.4 is 5.32 Å². The highest BCUT2D eigenvalue weighted by Crippen LogP contribution is 2.26. The number of carbonyl (C=O) groups is 1. The van der Waals surface area contributed by atoms with E-state index < -0.39 is 10.0 Å². The number of halogens is 1. The van der Waals surface area contributed by atoms with Crippen LogP contribution in [0.2, 0.25) is 5.02 Å². The van der Waals surface area contributed by atoms with Gasteiger partial charge in [-0.05, 0) is 30.3 Å². The van der Waals surface area contributed by atoms with Crippen LogP contribution >= 0.6 is 23.4 Å². The molecule has 6 nitrogen and oxygen atoms in total. The molecule has 0 saturated heterocycles. The molecule has 128 valence electrons. The molecule has 0 radical (unpaired) electrons. The molecule has 24 heavy (non-hydrogen) atoms. The molecule has 1 N–H and O–H groups in total. The molecule has 2 rings (SSSR count). The summed E-state index contributed by atoms with van der Waals surface area (Å²) in [6, 6.07) is 9.62. The number of thioether (sulfide) groups is 1. The van der Waals surface area contributed by atoms with Crippen molar-refractivity contribution in [1.29, 1.82) is 0 Å². The molecule has 2 aromatic rings. The number of hydrogen-bond donors (Lipinski definition) is 1. The fraction of sp³-hybridized carbons (Fsp3) is 0.200. The zero-order chi connectivity index (χ0) is 17.7. The number of amides is 1. The minimum atomic E-state index is -3.60.